The van der Waals surface area contributed by atoms with Gasteiger partial charge in [-0.2, -0.15) is 0 Å². The van der Waals surface area contributed by atoms with Crippen molar-refractivity contribution in [3.05, 3.63) is 53.6 Å². The van der Waals surface area contributed by atoms with Crippen LogP contribution in [-0.2, 0) is 23.7 Å². The number of rotatable bonds is 7. The van der Waals surface area contributed by atoms with Gasteiger partial charge < -0.3 is 34.5 Å². The molecule has 6 fully saturated rings. The van der Waals surface area contributed by atoms with Gasteiger partial charge in [0.1, 0.15) is 23.1 Å². The van der Waals surface area contributed by atoms with Crippen LogP contribution in [0.15, 0.2) is 36.9 Å². The molecule has 0 unspecified atom stereocenters. The Labute approximate surface area is 292 Å². The number of likely N-dealkylation sites (tertiary alicyclic amines) is 1. The summed E-state index contributed by atoms with van der Waals surface area (Å²) in [5.41, 5.74) is -2.81. The van der Waals surface area contributed by atoms with Crippen molar-refractivity contribution in [1.29, 1.82) is 0 Å². The Morgan fingerprint density at radius 1 is 1.04 bits per heavy atom. The van der Waals surface area contributed by atoms with Gasteiger partial charge in [-0.3, -0.25) is 9.69 Å². The van der Waals surface area contributed by atoms with Gasteiger partial charge >= 0.3 is 5.97 Å². The number of carbonyl (C=O) groups is 2. The topological polar surface area (TPSA) is 153 Å². The predicted molar refractivity (Wildman–Crippen MR) is 180 cm³/mol. The van der Waals surface area contributed by atoms with E-state index >= 15 is 0 Å². The number of likely N-dealkylation sites (N-methyl/N-ethyl adjacent to an activating group) is 1. The fourth-order valence-electron chi connectivity index (χ4n) is 12.2. The van der Waals surface area contributed by atoms with Crippen LogP contribution < -0.4 is 5.32 Å². The summed E-state index contributed by atoms with van der Waals surface area (Å²) in [7, 11) is 5.03. The number of fused-ring (bicyclic) bond motifs is 2. The summed E-state index contributed by atoms with van der Waals surface area (Å²) in [5, 5.41) is 28.8. The first-order valence-corrected chi connectivity index (χ1v) is 17.7. The minimum atomic E-state index is -1.52. The van der Waals surface area contributed by atoms with Crippen LogP contribution in [0.2, 0.25) is 0 Å². The summed E-state index contributed by atoms with van der Waals surface area (Å²) in [6.45, 7) is 4.66. The molecule has 12 nitrogen and oxygen atoms in total. The second kappa shape index (κ2) is 11.8. The molecule has 7 bridgehead atoms. The number of ether oxygens (including phenoxy) is 4. The number of hydrogen-bond acceptors (Lipinski definition) is 11. The largest absolute Gasteiger partial charge is 0.454 e. The third kappa shape index (κ3) is 4.28. The van der Waals surface area contributed by atoms with Crippen molar-refractivity contribution in [2.45, 2.75) is 87.1 Å². The first kappa shape index (κ1) is 33.7. The lowest BCUT2D eigenvalue weighted by atomic mass is 9.44. The van der Waals surface area contributed by atoms with Gasteiger partial charge in [-0.05, 0) is 50.4 Å². The highest BCUT2D eigenvalue weighted by atomic mass is 16.6. The molecule has 6 aliphatic rings. The lowest BCUT2D eigenvalue weighted by Crippen LogP contribution is -2.83. The Kier molecular flexibility index (Phi) is 7.95. The average Bonchev–Trinajstić information content (AvgIpc) is 3.54. The van der Waals surface area contributed by atoms with Crippen molar-refractivity contribution in [2.75, 3.05) is 39.7 Å². The molecule has 1 spiro atoms. The molecule has 12 atom stereocenters. The van der Waals surface area contributed by atoms with E-state index < -0.39 is 34.3 Å². The number of nitrogens with one attached hydrogen (secondary N) is 1. The number of nitrogens with zero attached hydrogens (tertiary/aromatic N) is 3. The summed E-state index contributed by atoms with van der Waals surface area (Å²) in [4.78, 5) is 37.2. The van der Waals surface area contributed by atoms with Crippen LogP contribution in [0.3, 0.4) is 0 Å². The summed E-state index contributed by atoms with van der Waals surface area (Å²) >= 11 is 0. The number of piperidine rings is 1. The van der Waals surface area contributed by atoms with Crippen molar-refractivity contribution in [3.8, 4) is 11.8 Å². The molecule has 12 heteroatoms. The molecule has 50 heavy (non-hydrogen) atoms. The van der Waals surface area contributed by atoms with Crippen LogP contribution in [0.4, 0.5) is 5.69 Å². The third-order valence-corrected chi connectivity index (χ3v) is 13.6. The second-order valence-electron chi connectivity index (χ2n) is 15.3. The van der Waals surface area contributed by atoms with Crippen molar-refractivity contribution < 1.29 is 38.7 Å². The van der Waals surface area contributed by atoms with Crippen LogP contribution in [0.5, 0.6) is 0 Å². The molecule has 0 radical (unpaired) electrons. The van der Waals surface area contributed by atoms with Crippen LogP contribution in [0.1, 0.15) is 67.4 Å². The van der Waals surface area contributed by atoms with E-state index in [1.165, 1.54) is 13.3 Å². The van der Waals surface area contributed by atoms with E-state index in [0.29, 0.717) is 62.0 Å². The van der Waals surface area contributed by atoms with Gasteiger partial charge in [-0.1, -0.05) is 18.8 Å². The van der Waals surface area contributed by atoms with Crippen molar-refractivity contribution >= 4 is 17.6 Å². The number of esters is 1. The smallest absolute Gasteiger partial charge is 0.340 e. The molecule has 1 aliphatic heterocycles. The normalized spacial score (nSPS) is 42.0. The number of amides is 1. The maximum Gasteiger partial charge on any atom is 0.340 e. The average molecular weight is 687 g/mol. The van der Waals surface area contributed by atoms with Crippen LogP contribution >= 0.6 is 0 Å². The van der Waals surface area contributed by atoms with Gasteiger partial charge in [0.15, 0.2) is 0 Å². The van der Waals surface area contributed by atoms with Gasteiger partial charge in [-0.25, -0.2) is 14.8 Å². The molecule has 1 aromatic carbocycles. The Morgan fingerprint density at radius 3 is 2.48 bits per heavy atom. The van der Waals surface area contributed by atoms with E-state index in [2.05, 4.69) is 38.9 Å². The molecule has 1 saturated heterocycles. The monoisotopic (exact) mass is 686 g/mol. The fraction of sp³-hybridized carbons (Fsp3) is 0.632. The Hall–Kier alpha value is -3.44. The zero-order chi connectivity index (χ0) is 35.2. The molecular weight excluding hydrogens is 640 g/mol. The predicted octanol–water partition coefficient (Wildman–Crippen LogP) is 2.41. The van der Waals surface area contributed by atoms with Crippen LogP contribution in [0.25, 0.3) is 0 Å². The first-order valence-electron chi connectivity index (χ1n) is 17.7. The molecule has 1 amide bonds. The Balaban J connectivity index is 1.23. The summed E-state index contributed by atoms with van der Waals surface area (Å²) in [6, 6.07) is 4.98. The minimum Gasteiger partial charge on any atom is -0.454 e. The molecule has 5 saturated carbocycles. The van der Waals surface area contributed by atoms with Gasteiger partial charge in [0, 0.05) is 94.3 Å². The Bertz CT molecular complexity index is 1770. The molecule has 2 heterocycles. The molecule has 266 valence electrons. The molecule has 8 rings (SSSR count). The minimum absolute atomic E-state index is 0.0905. The van der Waals surface area contributed by atoms with Gasteiger partial charge in [-0.15, -0.1) is 0 Å². The first-order chi connectivity index (χ1) is 24.0. The molecule has 2 aromatic rings. The van der Waals surface area contributed by atoms with Crippen molar-refractivity contribution in [2.24, 2.45) is 29.1 Å². The fourth-order valence-corrected chi connectivity index (χ4v) is 12.2. The van der Waals surface area contributed by atoms with E-state index in [4.69, 9.17) is 18.9 Å². The number of aliphatic hydroxyl groups is 2. The van der Waals surface area contributed by atoms with Crippen molar-refractivity contribution in [1.82, 2.24) is 14.9 Å². The third-order valence-electron chi connectivity index (χ3n) is 13.6. The lowest BCUT2D eigenvalue weighted by molar-refractivity contribution is -0.337. The highest BCUT2D eigenvalue weighted by Crippen LogP contribution is 2.79. The maximum absolute atomic E-state index is 14.6. The summed E-state index contributed by atoms with van der Waals surface area (Å²) in [5.74, 6) is 4.24. The molecule has 3 N–H and O–H groups in total. The zero-order valence-corrected chi connectivity index (χ0v) is 29.2. The van der Waals surface area contributed by atoms with Crippen LogP contribution in [0, 0.1) is 40.9 Å². The van der Waals surface area contributed by atoms with E-state index in [1.54, 1.807) is 51.9 Å². The highest BCUT2D eigenvalue weighted by Gasteiger charge is 2.89. The van der Waals surface area contributed by atoms with E-state index in [9.17, 15) is 19.8 Å². The molecule has 5 aliphatic carbocycles. The lowest BCUT2D eigenvalue weighted by Gasteiger charge is -2.70. The van der Waals surface area contributed by atoms with E-state index in [0.717, 1.165) is 0 Å². The van der Waals surface area contributed by atoms with Gasteiger partial charge in [0.05, 0.1) is 35.1 Å². The number of benzene rings is 1. The molecule has 1 aromatic heterocycles. The van der Waals surface area contributed by atoms with Crippen LogP contribution in [-0.4, -0.2) is 113 Å². The number of aromatic nitrogens is 2. The maximum atomic E-state index is 14.6. The van der Waals surface area contributed by atoms with Gasteiger partial charge in [0.25, 0.3) is 0 Å². The SMILES string of the molecule is CCN1C[C@]2(OC(=O)c3cc(C#Cc4cncnc4)ccc3NC(C)=O)CC[C@H](OC)[C@@]34[C@@H]2C[C@@H]([C@@H]13)[C@@]1(O)C[C@H](OC)[C@H]2C[C@@H]4[C@]1(O)[C@H]2OC. The number of anilines is 1. The number of methoxy groups -OCH3 is 3. The van der Waals surface area contributed by atoms with E-state index in [1.807, 2.05) is 0 Å². The second-order valence-corrected chi connectivity index (χ2v) is 15.3. The summed E-state index contributed by atoms with van der Waals surface area (Å²) in [6.07, 6.45) is 6.23. The number of carbonyl (C=O) groups excluding carboxylic acids is 2. The van der Waals surface area contributed by atoms with Gasteiger partial charge in [0.2, 0.25) is 5.91 Å². The number of hydrogen-bond donors (Lipinski definition) is 3. The zero-order valence-electron chi connectivity index (χ0n) is 29.2. The Morgan fingerprint density at radius 2 is 1.80 bits per heavy atom. The highest BCUT2D eigenvalue weighted by molar-refractivity contribution is 6.01. The van der Waals surface area contributed by atoms with Crippen molar-refractivity contribution in [3.63, 3.8) is 0 Å². The van der Waals surface area contributed by atoms with E-state index in [-0.39, 0.29) is 53.4 Å². The molecular formula is C38H46N4O8. The summed E-state index contributed by atoms with van der Waals surface area (Å²) < 4.78 is 25.3. The quantitative estimate of drug-likeness (QED) is 0.291. The standard InChI is InChI=1S/C38H46N4O8/c1-6-42-19-35(50-34(44)24-13-22(9-10-27(24)41-21(2)43)7-8-23-17-39-20-40-18-23)12-11-31(48-4)37-29(35)15-26(32(37)42)36(45)16-28(47-3)25-14-30(37)38(36,46)33(25)49-5/h9-10,13,17-18,20,25-26,28-33,45-46H,6,11-12,14-16,19H2,1-5H3,(H,41,43)/t25-,26+,28+,29-,30+,31+,32-,33+,35-,36+,37+,38+/m1/s1.